The molecule has 1 N–H and O–H groups in total. The summed E-state index contributed by atoms with van der Waals surface area (Å²) in [7, 11) is 0. The number of halogens is 4. The van der Waals surface area contributed by atoms with Gasteiger partial charge in [-0.15, -0.1) is 13.2 Å². The summed E-state index contributed by atoms with van der Waals surface area (Å²) in [6.45, 7) is 3.56. The Bertz CT molecular complexity index is 1380. The molecule has 0 amide bonds. The van der Waals surface area contributed by atoms with Gasteiger partial charge in [0.2, 0.25) is 0 Å². The quantitative estimate of drug-likeness (QED) is 0.285. The number of nitrogens with zero attached hydrogens (tertiary/aromatic N) is 1. The minimum atomic E-state index is -4.83. The van der Waals surface area contributed by atoms with Gasteiger partial charge in [-0.1, -0.05) is 36.7 Å². The van der Waals surface area contributed by atoms with Crippen LogP contribution in [-0.2, 0) is 4.79 Å². The molecule has 0 radical (unpaired) electrons. The van der Waals surface area contributed by atoms with Crippen LogP contribution in [0.15, 0.2) is 66.7 Å². The molecule has 182 valence electrons. The van der Waals surface area contributed by atoms with Gasteiger partial charge >= 0.3 is 12.3 Å². The summed E-state index contributed by atoms with van der Waals surface area (Å²) in [5.74, 6) is -1.11. The van der Waals surface area contributed by atoms with Crippen molar-refractivity contribution in [3.8, 4) is 28.3 Å². The summed E-state index contributed by atoms with van der Waals surface area (Å²) in [4.78, 5) is 11.4. The molecule has 4 rings (SSSR count). The number of carboxylic acid groups (broad SMARTS) is 1. The highest BCUT2D eigenvalue weighted by molar-refractivity contribution is 6.30. The first-order valence-corrected chi connectivity index (χ1v) is 11.1. The zero-order valence-corrected chi connectivity index (χ0v) is 19.5. The van der Waals surface area contributed by atoms with E-state index in [1.54, 1.807) is 54.0 Å². The van der Waals surface area contributed by atoms with Crippen LogP contribution < -0.4 is 9.47 Å². The number of fused-ring (bicyclic) bond motifs is 1. The first-order chi connectivity index (χ1) is 16.6. The molecule has 0 unspecified atom stereocenters. The van der Waals surface area contributed by atoms with Crippen molar-refractivity contribution in [1.82, 2.24) is 4.57 Å². The van der Waals surface area contributed by atoms with Crippen molar-refractivity contribution in [3.05, 3.63) is 77.4 Å². The van der Waals surface area contributed by atoms with Crippen molar-refractivity contribution in [2.75, 3.05) is 0 Å². The first kappa shape index (κ1) is 24.5. The van der Waals surface area contributed by atoms with Crippen molar-refractivity contribution < 1.29 is 32.5 Å². The number of carboxylic acids is 1. The van der Waals surface area contributed by atoms with Crippen LogP contribution in [0.25, 0.3) is 27.7 Å². The largest absolute Gasteiger partial charge is 0.573 e. The fourth-order valence-corrected chi connectivity index (χ4v) is 4.20. The van der Waals surface area contributed by atoms with Crippen LogP contribution in [-0.4, -0.2) is 28.1 Å². The Balaban J connectivity index is 1.91. The van der Waals surface area contributed by atoms with Gasteiger partial charge in [-0.3, -0.25) is 0 Å². The number of hydrogen-bond acceptors (Lipinski definition) is 3. The SMILES string of the molecule is CC[C@@H](Oc1cccc(-n2c(C)c(-c3ccc(Cl)cc3)c3ccc(OC(F)(F)F)cc32)c1)C(=O)O. The molecule has 0 bridgehead atoms. The second kappa shape index (κ2) is 9.54. The Morgan fingerprint density at radius 3 is 2.40 bits per heavy atom. The summed E-state index contributed by atoms with van der Waals surface area (Å²) in [6.07, 6.45) is -5.59. The highest BCUT2D eigenvalue weighted by Gasteiger charge is 2.31. The Hall–Kier alpha value is -3.65. The van der Waals surface area contributed by atoms with Crippen molar-refractivity contribution in [2.24, 2.45) is 0 Å². The van der Waals surface area contributed by atoms with Crippen molar-refractivity contribution in [1.29, 1.82) is 0 Å². The molecular weight excluding hydrogens is 483 g/mol. The highest BCUT2D eigenvalue weighted by Crippen LogP contribution is 2.39. The average molecular weight is 504 g/mol. The van der Waals surface area contributed by atoms with Gasteiger partial charge in [0.25, 0.3) is 0 Å². The van der Waals surface area contributed by atoms with Crippen LogP contribution >= 0.6 is 11.6 Å². The van der Waals surface area contributed by atoms with E-state index in [4.69, 9.17) is 16.3 Å². The van der Waals surface area contributed by atoms with E-state index in [1.165, 1.54) is 12.1 Å². The van der Waals surface area contributed by atoms with Crippen LogP contribution in [0.2, 0.25) is 5.02 Å². The van der Waals surface area contributed by atoms with E-state index in [-0.39, 0.29) is 12.2 Å². The average Bonchev–Trinajstić information content (AvgIpc) is 3.08. The second-order valence-corrected chi connectivity index (χ2v) is 8.32. The lowest BCUT2D eigenvalue weighted by molar-refractivity contribution is -0.274. The van der Waals surface area contributed by atoms with Crippen LogP contribution in [0.3, 0.4) is 0 Å². The maximum absolute atomic E-state index is 12.9. The van der Waals surface area contributed by atoms with Crippen LogP contribution in [0.4, 0.5) is 13.2 Å². The van der Waals surface area contributed by atoms with E-state index >= 15 is 0 Å². The lowest BCUT2D eigenvalue weighted by atomic mass is 10.0. The van der Waals surface area contributed by atoms with Crippen LogP contribution in [0, 0.1) is 6.92 Å². The van der Waals surface area contributed by atoms with Gasteiger partial charge in [0.1, 0.15) is 11.5 Å². The monoisotopic (exact) mass is 503 g/mol. The zero-order chi connectivity index (χ0) is 25.3. The van der Waals surface area contributed by atoms with E-state index in [1.807, 2.05) is 19.1 Å². The lowest BCUT2D eigenvalue weighted by Crippen LogP contribution is -2.25. The topological polar surface area (TPSA) is 60.7 Å². The molecule has 4 aromatic rings. The maximum Gasteiger partial charge on any atom is 0.573 e. The minimum Gasteiger partial charge on any atom is -0.479 e. The van der Waals surface area contributed by atoms with E-state index in [2.05, 4.69) is 4.74 Å². The second-order valence-electron chi connectivity index (χ2n) is 7.88. The molecule has 0 saturated carbocycles. The number of alkyl halides is 3. The van der Waals surface area contributed by atoms with Gasteiger partial charge < -0.3 is 19.1 Å². The molecule has 1 atom stereocenters. The number of benzene rings is 3. The number of aliphatic carboxylic acids is 1. The maximum atomic E-state index is 12.9. The third-order valence-corrected chi connectivity index (χ3v) is 5.80. The smallest absolute Gasteiger partial charge is 0.479 e. The van der Waals surface area contributed by atoms with E-state index in [0.29, 0.717) is 27.4 Å². The molecule has 9 heteroatoms. The normalized spacial score (nSPS) is 12.5. The molecule has 35 heavy (non-hydrogen) atoms. The third-order valence-electron chi connectivity index (χ3n) is 5.54. The number of carbonyl (C=O) groups is 1. The molecule has 0 saturated heterocycles. The Labute approximate surface area is 204 Å². The van der Waals surface area contributed by atoms with E-state index in [9.17, 15) is 23.1 Å². The van der Waals surface area contributed by atoms with Crippen molar-refractivity contribution >= 4 is 28.5 Å². The Morgan fingerprint density at radius 2 is 1.77 bits per heavy atom. The number of ether oxygens (including phenoxy) is 2. The van der Waals surface area contributed by atoms with Gasteiger partial charge in [-0.2, -0.15) is 0 Å². The predicted octanol–water partition coefficient (Wildman–Crippen LogP) is 7.40. The molecule has 0 aliphatic carbocycles. The highest BCUT2D eigenvalue weighted by atomic mass is 35.5. The molecule has 0 aliphatic rings. The third kappa shape index (κ3) is 5.22. The standard InChI is InChI=1S/C26H21ClF3NO4/c1-3-23(25(32)33)34-19-6-4-5-18(13-19)31-15(2)24(16-7-9-17(27)10-8-16)21-12-11-20(14-22(21)31)35-26(28,29)30/h4-14,23H,3H2,1-2H3,(H,32,33)/t23-/m1/s1. The molecule has 1 aromatic heterocycles. The van der Waals surface area contributed by atoms with Crippen LogP contribution in [0.1, 0.15) is 19.0 Å². The molecule has 0 fully saturated rings. The van der Waals surface area contributed by atoms with Gasteiger partial charge in [-0.25, -0.2) is 4.79 Å². The van der Waals surface area contributed by atoms with Crippen molar-refractivity contribution in [2.45, 2.75) is 32.7 Å². The Morgan fingerprint density at radius 1 is 1.06 bits per heavy atom. The molecule has 5 nitrogen and oxygen atoms in total. The summed E-state index contributed by atoms with van der Waals surface area (Å²) in [5.41, 5.74) is 3.49. The predicted molar refractivity (Wildman–Crippen MR) is 127 cm³/mol. The summed E-state index contributed by atoms with van der Waals surface area (Å²) in [5, 5.41) is 10.6. The van der Waals surface area contributed by atoms with Crippen molar-refractivity contribution in [3.63, 3.8) is 0 Å². The van der Waals surface area contributed by atoms with Gasteiger partial charge in [0, 0.05) is 39.5 Å². The first-order valence-electron chi connectivity index (χ1n) is 10.7. The summed E-state index contributed by atoms with van der Waals surface area (Å²) < 4.78 is 50.3. The molecule has 0 spiro atoms. The van der Waals surface area contributed by atoms with Crippen LogP contribution in [0.5, 0.6) is 11.5 Å². The molecule has 1 heterocycles. The van der Waals surface area contributed by atoms with Gasteiger partial charge in [0.05, 0.1) is 5.52 Å². The summed E-state index contributed by atoms with van der Waals surface area (Å²) >= 11 is 6.05. The molecule has 0 aliphatic heterocycles. The number of aromatic nitrogens is 1. The van der Waals surface area contributed by atoms with Gasteiger partial charge in [0.15, 0.2) is 6.10 Å². The minimum absolute atomic E-state index is 0.268. The zero-order valence-electron chi connectivity index (χ0n) is 18.8. The number of hydrogen-bond donors (Lipinski definition) is 1. The molecular formula is C26H21ClF3NO4. The van der Waals surface area contributed by atoms with E-state index in [0.717, 1.165) is 16.8 Å². The number of rotatable bonds is 7. The summed E-state index contributed by atoms with van der Waals surface area (Å²) in [6, 6.07) is 18.1. The van der Waals surface area contributed by atoms with Gasteiger partial charge in [-0.05, 0) is 55.3 Å². The fraction of sp³-hybridized carbons (Fsp3) is 0.192. The fourth-order valence-electron chi connectivity index (χ4n) is 4.07. The Kier molecular flexibility index (Phi) is 6.67. The van der Waals surface area contributed by atoms with E-state index < -0.39 is 18.4 Å². The molecule has 3 aromatic carbocycles. The lowest BCUT2D eigenvalue weighted by Gasteiger charge is -2.15.